The van der Waals surface area contributed by atoms with Crippen LogP contribution in [-0.4, -0.2) is 11.8 Å². The van der Waals surface area contributed by atoms with Crippen LogP contribution < -0.4 is 10.6 Å². The Hall–Kier alpha value is -3.11. The third kappa shape index (κ3) is 4.71. The van der Waals surface area contributed by atoms with Gasteiger partial charge in [0.2, 0.25) is 5.91 Å². The van der Waals surface area contributed by atoms with Crippen LogP contribution in [0.5, 0.6) is 0 Å². The molecule has 2 unspecified atom stereocenters. The smallest absolute Gasteiger partial charge is 0.255 e. The lowest BCUT2D eigenvalue weighted by molar-refractivity contribution is -0.122. The minimum absolute atomic E-state index is 0.0330. The van der Waals surface area contributed by atoms with Crippen molar-refractivity contribution in [3.05, 3.63) is 100 Å². The second kappa shape index (κ2) is 8.72. The molecule has 152 valence electrons. The number of halogens is 1. The third-order valence-corrected chi connectivity index (χ3v) is 5.74. The van der Waals surface area contributed by atoms with Crippen molar-refractivity contribution in [3.8, 4) is 0 Å². The molecule has 2 amide bonds. The normalized spacial score (nSPS) is 17.3. The molecule has 3 aromatic rings. The van der Waals surface area contributed by atoms with Crippen LogP contribution in [0.3, 0.4) is 0 Å². The zero-order chi connectivity index (χ0) is 21.1. The van der Waals surface area contributed by atoms with Crippen LogP contribution in [0.15, 0.2) is 72.8 Å². The van der Waals surface area contributed by atoms with E-state index in [1.807, 2.05) is 67.6 Å². The largest absolute Gasteiger partial charge is 0.352 e. The summed E-state index contributed by atoms with van der Waals surface area (Å²) in [7, 11) is 0. The van der Waals surface area contributed by atoms with Gasteiger partial charge in [0.05, 0.1) is 0 Å². The molecular formula is C25H23ClN2O2. The fraction of sp³-hybridized carbons (Fsp3) is 0.200. The fourth-order valence-corrected chi connectivity index (χ4v) is 3.87. The van der Waals surface area contributed by atoms with E-state index >= 15 is 0 Å². The fourth-order valence-electron chi connectivity index (χ4n) is 3.59. The zero-order valence-corrected chi connectivity index (χ0v) is 17.4. The van der Waals surface area contributed by atoms with Gasteiger partial charge in [0.25, 0.3) is 5.91 Å². The van der Waals surface area contributed by atoms with Crippen LogP contribution in [0.1, 0.15) is 39.4 Å². The topological polar surface area (TPSA) is 58.2 Å². The Balaban J connectivity index is 1.32. The standard InChI is InChI=1S/C25H23ClN2O2/c1-16-9-11-18(12-10-16)24(29)28-19-6-4-5-17(13-19)15-27-25(30)22-14-21(22)20-7-2-3-8-23(20)26/h2-13,21-22H,14-15H2,1H3,(H,27,30)(H,28,29). The minimum Gasteiger partial charge on any atom is -0.352 e. The van der Waals surface area contributed by atoms with Gasteiger partial charge in [-0.05, 0) is 60.7 Å². The van der Waals surface area contributed by atoms with Crippen molar-refractivity contribution < 1.29 is 9.59 Å². The maximum atomic E-state index is 12.5. The molecule has 0 heterocycles. The van der Waals surface area contributed by atoms with Gasteiger partial charge in [-0.2, -0.15) is 0 Å². The Morgan fingerprint density at radius 2 is 1.77 bits per heavy atom. The molecule has 1 fully saturated rings. The molecule has 4 rings (SSSR count). The first-order valence-corrected chi connectivity index (χ1v) is 10.4. The first-order valence-electron chi connectivity index (χ1n) is 10.0. The average molecular weight is 419 g/mol. The summed E-state index contributed by atoms with van der Waals surface area (Å²) in [5, 5.41) is 6.63. The molecule has 3 aromatic carbocycles. The first kappa shape index (κ1) is 20.2. The lowest BCUT2D eigenvalue weighted by atomic mass is 10.1. The van der Waals surface area contributed by atoms with Crippen LogP contribution in [0.4, 0.5) is 5.69 Å². The Labute approximate surface area is 181 Å². The number of aryl methyl sites for hydroxylation is 1. The molecule has 1 saturated carbocycles. The zero-order valence-electron chi connectivity index (χ0n) is 16.7. The van der Waals surface area contributed by atoms with Crippen molar-refractivity contribution in [2.24, 2.45) is 5.92 Å². The van der Waals surface area contributed by atoms with E-state index in [9.17, 15) is 9.59 Å². The van der Waals surface area contributed by atoms with Gasteiger partial charge < -0.3 is 10.6 Å². The van der Waals surface area contributed by atoms with Crippen LogP contribution in [0.2, 0.25) is 5.02 Å². The van der Waals surface area contributed by atoms with E-state index in [4.69, 9.17) is 11.6 Å². The van der Waals surface area contributed by atoms with E-state index in [1.165, 1.54) is 0 Å². The van der Waals surface area contributed by atoms with E-state index in [1.54, 1.807) is 12.1 Å². The first-order chi connectivity index (χ1) is 14.5. The highest BCUT2D eigenvalue weighted by atomic mass is 35.5. The lowest BCUT2D eigenvalue weighted by Gasteiger charge is -2.09. The molecule has 0 spiro atoms. The number of amides is 2. The number of hydrogen-bond donors (Lipinski definition) is 2. The van der Waals surface area contributed by atoms with Gasteiger partial charge >= 0.3 is 0 Å². The van der Waals surface area contributed by atoms with E-state index < -0.39 is 0 Å². The molecule has 0 bridgehead atoms. The lowest BCUT2D eigenvalue weighted by Crippen LogP contribution is -2.25. The van der Waals surface area contributed by atoms with E-state index in [2.05, 4.69) is 10.6 Å². The van der Waals surface area contributed by atoms with Crippen LogP contribution in [0, 0.1) is 12.8 Å². The molecule has 1 aliphatic rings. The Morgan fingerprint density at radius 3 is 2.53 bits per heavy atom. The van der Waals surface area contributed by atoms with E-state index in [-0.39, 0.29) is 23.7 Å². The summed E-state index contributed by atoms with van der Waals surface area (Å²) in [5.41, 5.74) is 4.39. The number of rotatable bonds is 6. The Morgan fingerprint density at radius 1 is 1.00 bits per heavy atom. The molecule has 4 nitrogen and oxygen atoms in total. The van der Waals surface area contributed by atoms with Crippen molar-refractivity contribution in [1.29, 1.82) is 0 Å². The maximum absolute atomic E-state index is 12.5. The Kier molecular flexibility index (Phi) is 5.86. The molecule has 5 heteroatoms. The van der Waals surface area contributed by atoms with Gasteiger partial charge in [0, 0.05) is 28.7 Å². The van der Waals surface area contributed by atoms with Crippen molar-refractivity contribution >= 4 is 29.1 Å². The second-order valence-electron chi connectivity index (χ2n) is 7.71. The van der Waals surface area contributed by atoms with Gasteiger partial charge in [0.15, 0.2) is 0 Å². The van der Waals surface area contributed by atoms with Crippen molar-refractivity contribution in [2.45, 2.75) is 25.8 Å². The monoisotopic (exact) mass is 418 g/mol. The van der Waals surface area contributed by atoms with E-state index in [0.717, 1.165) is 28.1 Å². The van der Waals surface area contributed by atoms with Crippen LogP contribution >= 0.6 is 11.6 Å². The number of nitrogens with one attached hydrogen (secondary N) is 2. The number of carbonyl (C=O) groups is 2. The summed E-state index contributed by atoms with van der Waals surface area (Å²) in [6.45, 7) is 2.40. The number of anilines is 1. The quantitative estimate of drug-likeness (QED) is 0.569. The summed E-state index contributed by atoms with van der Waals surface area (Å²) < 4.78 is 0. The summed E-state index contributed by atoms with van der Waals surface area (Å²) in [6, 6.07) is 22.6. The molecular weight excluding hydrogens is 396 g/mol. The molecule has 2 N–H and O–H groups in total. The van der Waals surface area contributed by atoms with Crippen molar-refractivity contribution in [1.82, 2.24) is 5.32 Å². The second-order valence-corrected chi connectivity index (χ2v) is 8.12. The van der Waals surface area contributed by atoms with Crippen molar-refractivity contribution in [3.63, 3.8) is 0 Å². The van der Waals surface area contributed by atoms with Gasteiger partial charge in [-0.25, -0.2) is 0 Å². The minimum atomic E-state index is -0.156. The summed E-state index contributed by atoms with van der Waals surface area (Å²) in [5.74, 6) is 0.0407. The van der Waals surface area contributed by atoms with Gasteiger partial charge in [0.1, 0.15) is 0 Å². The van der Waals surface area contributed by atoms with Gasteiger partial charge in [-0.15, -0.1) is 0 Å². The summed E-state index contributed by atoms with van der Waals surface area (Å²) in [4.78, 5) is 24.9. The molecule has 0 aromatic heterocycles. The predicted octanol–water partition coefficient (Wildman–Crippen LogP) is 5.32. The summed E-state index contributed by atoms with van der Waals surface area (Å²) >= 11 is 6.25. The molecule has 0 saturated heterocycles. The number of hydrogen-bond acceptors (Lipinski definition) is 2. The third-order valence-electron chi connectivity index (χ3n) is 5.40. The molecule has 0 aliphatic heterocycles. The number of benzene rings is 3. The highest BCUT2D eigenvalue weighted by Crippen LogP contribution is 2.49. The van der Waals surface area contributed by atoms with E-state index in [0.29, 0.717) is 17.8 Å². The molecule has 30 heavy (non-hydrogen) atoms. The highest BCUT2D eigenvalue weighted by Gasteiger charge is 2.44. The highest BCUT2D eigenvalue weighted by molar-refractivity contribution is 6.31. The summed E-state index contributed by atoms with van der Waals surface area (Å²) in [6.07, 6.45) is 0.822. The number of carbonyl (C=O) groups excluding carboxylic acids is 2. The molecule has 1 aliphatic carbocycles. The molecule has 2 atom stereocenters. The van der Waals surface area contributed by atoms with Crippen molar-refractivity contribution in [2.75, 3.05) is 5.32 Å². The van der Waals surface area contributed by atoms with Gasteiger partial charge in [-0.3, -0.25) is 9.59 Å². The SMILES string of the molecule is Cc1ccc(C(=O)Nc2cccc(CNC(=O)C3CC3c3ccccc3Cl)c2)cc1. The van der Waals surface area contributed by atoms with Crippen LogP contribution in [0.25, 0.3) is 0 Å². The average Bonchev–Trinajstić information content (AvgIpc) is 3.54. The molecule has 0 radical (unpaired) electrons. The van der Waals surface area contributed by atoms with Crippen LogP contribution in [-0.2, 0) is 11.3 Å². The maximum Gasteiger partial charge on any atom is 0.255 e. The predicted molar refractivity (Wildman–Crippen MR) is 120 cm³/mol. The Bertz CT molecular complexity index is 1080. The van der Waals surface area contributed by atoms with Gasteiger partial charge in [-0.1, -0.05) is 59.6 Å².